The van der Waals surface area contributed by atoms with Crippen molar-refractivity contribution >= 4 is 0 Å². The van der Waals surface area contributed by atoms with Crippen molar-refractivity contribution in [3.05, 3.63) is 81.5 Å². The number of hydrogen-bond donors (Lipinski definition) is 2. The molecule has 0 saturated carbocycles. The van der Waals surface area contributed by atoms with Gasteiger partial charge >= 0.3 is 41.5 Å². The zero-order valence-corrected chi connectivity index (χ0v) is 15.1. The number of nitrogens with zero attached hydrogens (tertiary/aromatic N) is 6. The molecule has 0 aromatic carbocycles. The zero-order chi connectivity index (χ0) is 19.7. The van der Waals surface area contributed by atoms with E-state index < -0.39 is 20.3 Å². The van der Waals surface area contributed by atoms with Crippen molar-refractivity contribution in [3.63, 3.8) is 0 Å². The Morgan fingerprint density at radius 2 is 0.500 bits per heavy atom. The summed E-state index contributed by atoms with van der Waals surface area (Å²) in [4.78, 5) is 49.0. The van der Waals surface area contributed by atoms with Crippen molar-refractivity contribution in [2.24, 2.45) is 10.7 Å². The van der Waals surface area contributed by atoms with Crippen molar-refractivity contribution in [1.82, 2.24) is 12.3 Å². The molecule has 0 saturated heterocycles. The van der Waals surface area contributed by atoms with Crippen LogP contribution in [-0.4, -0.2) is 20.3 Å². The van der Waals surface area contributed by atoms with Gasteiger partial charge in [0.25, 0.3) is 0 Å². The van der Waals surface area contributed by atoms with E-state index >= 15 is 0 Å². The van der Waals surface area contributed by atoms with Crippen LogP contribution in [0.25, 0.3) is 0 Å². The Hall–Kier alpha value is -3.13. The zero-order valence-electron chi connectivity index (χ0n) is 11.3. The first kappa shape index (κ1) is 66.0. The molecule has 0 bridgehead atoms. The van der Waals surface area contributed by atoms with Crippen LogP contribution >= 0.6 is 0 Å². The van der Waals surface area contributed by atoms with Gasteiger partial charge in [0.2, 0.25) is 0 Å². The molecule has 0 aliphatic carbocycles. The summed E-state index contributed by atoms with van der Waals surface area (Å²) in [5, 5.41) is 77.0. The van der Waals surface area contributed by atoms with Crippen molar-refractivity contribution in [3.8, 4) is 0 Å². The monoisotopic (exact) mass is 675 g/mol. The SMILES string of the molecule is N.N.O=N[O-].O=N[O-].O=[N+]([O-])[O-].O=[N+]([O-])[O-].O=[N+]([O-])[O-].O=[N+]([O-])[O-].[Pd+2].[Pt+2]. The van der Waals surface area contributed by atoms with Gasteiger partial charge in [0, 0.05) is 0 Å². The van der Waals surface area contributed by atoms with E-state index in [2.05, 4.69) is 0 Å². The number of rotatable bonds is 0. The van der Waals surface area contributed by atoms with Crippen LogP contribution in [0.15, 0.2) is 10.7 Å². The van der Waals surface area contributed by atoms with Crippen molar-refractivity contribution in [2.75, 3.05) is 0 Å². The molecule has 6 N–H and O–H groups in total. The summed E-state index contributed by atoms with van der Waals surface area (Å²) >= 11 is 0. The van der Waals surface area contributed by atoms with E-state index in [0.29, 0.717) is 0 Å². The van der Waals surface area contributed by atoms with Crippen LogP contribution in [0.3, 0.4) is 0 Å². The van der Waals surface area contributed by atoms with Crippen LogP contribution in [0.1, 0.15) is 0 Å². The molecule has 0 spiro atoms. The first-order valence-corrected chi connectivity index (χ1v) is 2.92. The van der Waals surface area contributed by atoms with Gasteiger partial charge in [0.15, 0.2) is 0 Å². The quantitative estimate of drug-likeness (QED) is 0.146. The predicted molar refractivity (Wildman–Crippen MR) is 69.8 cm³/mol. The van der Waals surface area contributed by atoms with Crippen molar-refractivity contribution in [1.29, 1.82) is 0 Å². The minimum atomic E-state index is -1.75. The van der Waals surface area contributed by atoms with E-state index in [9.17, 15) is 0 Å². The molecule has 0 amide bonds. The molecule has 0 atom stereocenters. The molecule has 26 heteroatoms. The predicted octanol–water partition coefficient (Wildman–Crippen LogP) is -0.136. The van der Waals surface area contributed by atoms with Gasteiger partial charge in [0.1, 0.15) is 0 Å². The molecule has 0 unspecified atom stereocenters. The standard InChI is InChI=1S/4NO3.2HNO2.2H3N.Pd.Pt/c4*2-1(3)4;2*2-1-3;;;;/h;;;;2*(H,2,3);2*1H3;;/q4*-1;;;;;2*+2/p-2. The molecule has 0 rings (SSSR count). The Morgan fingerprint density at radius 3 is 0.500 bits per heavy atom. The fourth-order valence-electron chi connectivity index (χ4n) is 0. The molecular weight excluding hydrogens is 670 g/mol. The molecule has 164 valence electrons. The van der Waals surface area contributed by atoms with Crippen LogP contribution in [0, 0.1) is 81.5 Å². The third-order valence-corrected chi connectivity index (χ3v) is 0. The topological polar surface area (TPSA) is 440 Å². The van der Waals surface area contributed by atoms with E-state index in [1.165, 1.54) is 0 Å². The summed E-state index contributed by atoms with van der Waals surface area (Å²) < 4.78 is 0. The second kappa shape index (κ2) is 80.6. The Morgan fingerprint density at radius 1 is 0.500 bits per heavy atom. The van der Waals surface area contributed by atoms with Crippen molar-refractivity contribution < 1.29 is 61.8 Å². The molecule has 0 aromatic heterocycles. The largest absolute Gasteiger partial charge is 2.00 e. The minimum Gasteiger partial charge on any atom is -0.444 e. The maximum atomic E-state index is 8.25. The van der Waals surface area contributed by atoms with Gasteiger partial charge in [0.05, 0.1) is 20.3 Å². The molecule has 0 fully saturated rings. The third-order valence-electron chi connectivity index (χ3n) is 0. The molecule has 0 radical (unpaired) electrons. The van der Waals surface area contributed by atoms with Gasteiger partial charge in [-0.05, 0) is 0 Å². The Labute approximate surface area is 166 Å². The average molecular weight is 676 g/mol. The average Bonchev–Trinajstić information content (AvgIpc) is 2.13. The normalized spacial score (nSPS) is 4.62. The molecule has 26 heavy (non-hydrogen) atoms. The van der Waals surface area contributed by atoms with E-state index in [1.54, 1.807) is 0 Å². The maximum absolute atomic E-state index is 8.25. The van der Waals surface area contributed by atoms with Gasteiger partial charge in [-0.1, -0.05) is 0 Å². The maximum Gasteiger partial charge on any atom is 2.00 e. The molecule has 0 aliphatic rings. The summed E-state index contributed by atoms with van der Waals surface area (Å²) in [6.45, 7) is 0. The van der Waals surface area contributed by atoms with Crippen molar-refractivity contribution in [2.45, 2.75) is 0 Å². The first-order valence-electron chi connectivity index (χ1n) is 2.92. The summed E-state index contributed by atoms with van der Waals surface area (Å²) in [6.07, 6.45) is 0. The smallest absolute Gasteiger partial charge is 0.444 e. The van der Waals surface area contributed by atoms with E-state index in [4.69, 9.17) is 81.5 Å². The van der Waals surface area contributed by atoms with Gasteiger partial charge in [-0.3, -0.25) is 0 Å². The van der Waals surface area contributed by atoms with Crippen LogP contribution in [0.4, 0.5) is 0 Å². The van der Waals surface area contributed by atoms with Gasteiger partial charge in [-0.25, -0.2) is 0 Å². The van der Waals surface area contributed by atoms with E-state index in [1.807, 2.05) is 0 Å². The summed E-state index contributed by atoms with van der Waals surface area (Å²) in [5.74, 6) is 0. The summed E-state index contributed by atoms with van der Waals surface area (Å²) in [7, 11) is 0. The second-order valence-electron chi connectivity index (χ2n) is 1.04. The van der Waals surface area contributed by atoms with Crippen LogP contribution in [0.5, 0.6) is 0 Å². The van der Waals surface area contributed by atoms with Gasteiger partial charge < -0.3 is 93.8 Å². The minimum absolute atomic E-state index is 0. The first-order chi connectivity index (χ1) is 9.76. The van der Waals surface area contributed by atoms with Crippen LogP contribution < -0.4 is 12.3 Å². The second-order valence-corrected chi connectivity index (χ2v) is 1.04. The van der Waals surface area contributed by atoms with Crippen LogP contribution in [-0.2, 0) is 41.5 Å². The third kappa shape index (κ3) is 841. The van der Waals surface area contributed by atoms with Gasteiger partial charge in [-0.15, -0.1) is 10.7 Å². The van der Waals surface area contributed by atoms with Gasteiger partial charge in [-0.2, -0.15) is 0 Å². The Kier molecular flexibility index (Phi) is 205. The molecule has 0 heterocycles. The molecule has 0 aliphatic heterocycles. The fraction of sp³-hybridized carbons (Fsp3) is 0. The van der Waals surface area contributed by atoms with E-state index in [0.717, 1.165) is 10.7 Å². The molecular formula is H6N8O16PdPt-2. The molecule has 24 nitrogen and oxygen atoms in total. The van der Waals surface area contributed by atoms with E-state index in [-0.39, 0.29) is 53.8 Å². The Bertz CT molecular complexity index is 239. The summed E-state index contributed by atoms with van der Waals surface area (Å²) in [5.41, 5.74) is 0. The number of hydrogen-bond acceptors (Lipinski definition) is 20. The Balaban J connectivity index is -0.0000000144. The molecule has 0 aromatic rings. The van der Waals surface area contributed by atoms with Crippen LogP contribution in [0.2, 0.25) is 0 Å². The summed E-state index contributed by atoms with van der Waals surface area (Å²) in [6, 6.07) is 0. The fourth-order valence-corrected chi connectivity index (χ4v) is 0.